The molecule has 0 aromatic heterocycles. The molecule has 1 aromatic rings. The fourth-order valence-electron chi connectivity index (χ4n) is 1.12. The molecule has 0 fully saturated rings. The highest BCUT2D eigenvalue weighted by atomic mass is 16.4. The van der Waals surface area contributed by atoms with Crippen LogP contribution in [0.2, 0.25) is 0 Å². The number of hydrogen-bond acceptors (Lipinski definition) is 3. The van der Waals surface area contributed by atoms with Crippen molar-refractivity contribution in [3.05, 3.63) is 35.4 Å². The van der Waals surface area contributed by atoms with E-state index in [9.17, 15) is 0 Å². The summed E-state index contributed by atoms with van der Waals surface area (Å²) in [7, 11) is 1.90. The molecule has 78 valence electrons. The smallest absolute Gasteiger partial charge is 0.0734 e. The Kier molecular flexibility index (Phi) is 4.99. The Morgan fingerprint density at radius 2 is 2.40 bits per heavy atom. The Labute approximate surface area is 89.8 Å². The topological polar surface area (TPSA) is 44.6 Å². The van der Waals surface area contributed by atoms with Crippen LogP contribution < -0.4 is 5.32 Å². The van der Waals surface area contributed by atoms with Gasteiger partial charge in [-0.1, -0.05) is 29.1 Å². The van der Waals surface area contributed by atoms with E-state index in [2.05, 4.69) is 22.3 Å². The van der Waals surface area contributed by atoms with E-state index >= 15 is 0 Å². The number of benzene rings is 1. The molecule has 0 saturated heterocycles. The van der Waals surface area contributed by atoms with Crippen LogP contribution in [-0.4, -0.2) is 25.0 Å². The highest BCUT2D eigenvalue weighted by Gasteiger charge is 1.89. The van der Waals surface area contributed by atoms with Crippen molar-refractivity contribution in [2.45, 2.75) is 6.42 Å². The summed E-state index contributed by atoms with van der Waals surface area (Å²) in [5.41, 5.74) is 1.78. The summed E-state index contributed by atoms with van der Waals surface area (Å²) in [5.74, 6) is 6.10. The van der Waals surface area contributed by atoms with Crippen LogP contribution >= 0.6 is 0 Å². The zero-order chi connectivity index (χ0) is 10.9. The van der Waals surface area contributed by atoms with Crippen LogP contribution in [0, 0.1) is 11.8 Å². The van der Waals surface area contributed by atoms with Crippen molar-refractivity contribution in [1.29, 1.82) is 0 Å². The number of rotatable bonds is 3. The second-order valence-corrected chi connectivity index (χ2v) is 3.03. The van der Waals surface area contributed by atoms with Gasteiger partial charge in [-0.15, -0.1) is 0 Å². The Bertz CT molecular complexity index is 388. The zero-order valence-corrected chi connectivity index (χ0v) is 8.70. The minimum Gasteiger partial charge on any atom is -0.411 e. The van der Waals surface area contributed by atoms with Gasteiger partial charge in [-0.2, -0.15) is 0 Å². The standard InChI is InChI=1S/C12H14N2O/c1-13-8-3-2-5-11-6-4-7-12(9-11)10-14-15/h4,6-7,9-10,13,15H,3,8H2,1H3. The van der Waals surface area contributed by atoms with E-state index in [1.54, 1.807) is 0 Å². The third-order valence-electron chi connectivity index (χ3n) is 1.83. The molecule has 0 unspecified atom stereocenters. The molecule has 0 spiro atoms. The summed E-state index contributed by atoms with van der Waals surface area (Å²) < 4.78 is 0. The van der Waals surface area contributed by atoms with E-state index in [0.717, 1.165) is 24.1 Å². The quantitative estimate of drug-likeness (QED) is 0.256. The van der Waals surface area contributed by atoms with Crippen molar-refractivity contribution in [2.24, 2.45) is 5.16 Å². The van der Waals surface area contributed by atoms with Crippen molar-refractivity contribution in [2.75, 3.05) is 13.6 Å². The summed E-state index contributed by atoms with van der Waals surface area (Å²) in [4.78, 5) is 0. The summed E-state index contributed by atoms with van der Waals surface area (Å²) in [6, 6.07) is 7.56. The van der Waals surface area contributed by atoms with Gasteiger partial charge in [-0.25, -0.2) is 0 Å². The second kappa shape index (κ2) is 6.63. The van der Waals surface area contributed by atoms with Crippen LogP contribution in [0.15, 0.2) is 29.4 Å². The Morgan fingerprint density at radius 3 is 3.13 bits per heavy atom. The SMILES string of the molecule is CNCCC#Cc1cccc(C=NO)c1. The fourth-order valence-corrected chi connectivity index (χ4v) is 1.12. The first-order chi connectivity index (χ1) is 7.36. The molecule has 3 nitrogen and oxygen atoms in total. The first kappa shape index (κ1) is 11.3. The molecule has 1 rings (SSSR count). The zero-order valence-electron chi connectivity index (χ0n) is 8.70. The normalized spacial score (nSPS) is 9.93. The van der Waals surface area contributed by atoms with Gasteiger partial charge in [0.05, 0.1) is 6.21 Å². The molecule has 15 heavy (non-hydrogen) atoms. The number of oxime groups is 1. The maximum atomic E-state index is 8.38. The first-order valence-corrected chi connectivity index (χ1v) is 4.78. The average Bonchev–Trinajstić information content (AvgIpc) is 2.26. The Hall–Kier alpha value is -1.79. The average molecular weight is 202 g/mol. The number of hydrogen-bond donors (Lipinski definition) is 2. The third kappa shape index (κ3) is 4.30. The van der Waals surface area contributed by atoms with Crippen molar-refractivity contribution >= 4 is 6.21 Å². The number of nitrogens with one attached hydrogen (secondary N) is 1. The van der Waals surface area contributed by atoms with Crippen molar-refractivity contribution in [1.82, 2.24) is 5.32 Å². The van der Waals surface area contributed by atoms with Gasteiger partial charge in [0, 0.05) is 18.5 Å². The predicted octanol–water partition coefficient (Wildman–Crippen LogP) is 1.46. The highest BCUT2D eigenvalue weighted by Crippen LogP contribution is 2.01. The third-order valence-corrected chi connectivity index (χ3v) is 1.83. The van der Waals surface area contributed by atoms with Crippen LogP contribution in [0.3, 0.4) is 0 Å². The highest BCUT2D eigenvalue weighted by molar-refractivity contribution is 5.79. The lowest BCUT2D eigenvalue weighted by Crippen LogP contribution is -2.05. The molecular weight excluding hydrogens is 188 g/mol. The fraction of sp³-hybridized carbons (Fsp3) is 0.250. The van der Waals surface area contributed by atoms with Gasteiger partial charge in [0.15, 0.2) is 0 Å². The molecule has 0 aliphatic rings. The van der Waals surface area contributed by atoms with Gasteiger partial charge in [0.2, 0.25) is 0 Å². The maximum absolute atomic E-state index is 8.38. The molecule has 0 aliphatic heterocycles. The predicted molar refractivity (Wildman–Crippen MR) is 61.2 cm³/mol. The van der Waals surface area contributed by atoms with Crippen LogP contribution in [0.1, 0.15) is 17.5 Å². The Morgan fingerprint density at radius 1 is 1.53 bits per heavy atom. The largest absolute Gasteiger partial charge is 0.411 e. The van der Waals surface area contributed by atoms with E-state index in [4.69, 9.17) is 5.21 Å². The van der Waals surface area contributed by atoms with Gasteiger partial charge in [0.1, 0.15) is 0 Å². The first-order valence-electron chi connectivity index (χ1n) is 4.78. The van der Waals surface area contributed by atoms with Crippen LogP contribution in [-0.2, 0) is 0 Å². The summed E-state index contributed by atoms with van der Waals surface area (Å²) in [6.45, 7) is 0.894. The second-order valence-electron chi connectivity index (χ2n) is 3.03. The van der Waals surface area contributed by atoms with Gasteiger partial charge in [-0.05, 0) is 24.7 Å². The van der Waals surface area contributed by atoms with Crippen molar-refractivity contribution < 1.29 is 5.21 Å². The molecular formula is C12H14N2O. The lowest BCUT2D eigenvalue weighted by atomic mass is 10.1. The van der Waals surface area contributed by atoms with Crippen LogP contribution in [0.5, 0.6) is 0 Å². The maximum Gasteiger partial charge on any atom is 0.0734 e. The van der Waals surface area contributed by atoms with Crippen molar-refractivity contribution in [3.8, 4) is 11.8 Å². The van der Waals surface area contributed by atoms with Crippen LogP contribution in [0.25, 0.3) is 0 Å². The lowest BCUT2D eigenvalue weighted by molar-refractivity contribution is 0.322. The minimum absolute atomic E-state index is 0.828. The van der Waals surface area contributed by atoms with Crippen LogP contribution in [0.4, 0.5) is 0 Å². The van der Waals surface area contributed by atoms with Gasteiger partial charge in [0.25, 0.3) is 0 Å². The van der Waals surface area contributed by atoms with E-state index in [-0.39, 0.29) is 0 Å². The molecule has 0 aliphatic carbocycles. The number of nitrogens with zero attached hydrogens (tertiary/aromatic N) is 1. The molecule has 2 N–H and O–H groups in total. The van der Waals surface area contributed by atoms with E-state index < -0.39 is 0 Å². The van der Waals surface area contributed by atoms with Crippen molar-refractivity contribution in [3.63, 3.8) is 0 Å². The van der Waals surface area contributed by atoms with Gasteiger partial charge in [-0.3, -0.25) is 0 Å². The van der Waals surface area contributed by atoms with E-state index in [1.165, 1.54) is 6.21 Å². The molecule has 1 aromatic carbocycles. The summed E-state index contributed by atoms with van der Waals surface area (Å²) in [6.07, 6.45) is 2.22. The monoisotopic (exact) mass is 202 g/mol. The molecule has 0 bridgehead atoms. The summed E-state index contributed by atoms with van der Waals surface area (Å²) in [5, 5.41) is 14.4. The molecule has 0 heterocycles. The summed E-state index contributed by atoms with van der Waals surface area (Å²) >= 11 is 0. The van der Waals surface area contributed by atoms with Gasteiger partial charge < -0.3 is 10.5 Å². The molecule has 0 radical (unpaired) electrons. The van der Waals surface area contributed by atoms with E-state index in [1.807, 2.05) is 31.3 Å². The minimum atomic E-state index is 0.828. The molecule has 3 heteroatoms. The Balaban J connectivity index is 2.67. The molecule has 0 amide bonds. The van der Waals surface area contributed by atoms with Gasteiger partial charge >= 0.3 is 0 Å². The van der Waals surface area contributed by atoms with E-state index in [0.29, 0.717) is 0 Å². The molecule has 0 saturated carbocycles. The molecule has 0 atom stereocenters. The lowest BCUT2D eigenvalue weighted by Gasteiger charge is -1.93.